The molecule has 1 saturated carbocycles. The Kier molecular flexibility index (Phi) is 5.28. The maximum atomic E-state index is 13.3. The standard InChI is InChI=1S/C22H21FN4O/c23-18-5-3-4-16(12-18)17-13-24-22(25-14-17)27-20-10-8-15(9-11-20)21(28)26-19-6-1-2-7-19/h3-5,8-14,19H,1-2,6-7H2,(H,26,28)(H,24,25,27). The van der Waals surface area contributed by atoms with Gasteiger partial charge in [-0.05, 0) is 54.8 Å². The molecule has 2 aromatic carbocycles. The quantitative estimate of drug-likeness (QED) is 0.677. The molecule has 3 aromatic rings. The number of benzene rings is 2. The number of nitrogens with zero attached hydrogens (tertiary/aromatic N) is 2. The van der Waals surface area contributed by atoms with E-state index in [0.29, 0.717) is 17.6 Å². The van der Waals surface area contributed by atoms with Crippen LogP contribution in [0, 0.1) is 5.82 Å². The molecular weight excluding hydrogens is 355 g/mol. The summed E-state index contributed by atoms with van der Waals surface area (Å²) in [6.45, 7) is 0. The average molecular weight is 376 g/mol. The molecule has 4 rings (SSSR count). The van der Waals surface area contributed by atoms with E-state index >= 15 is 0 Å². The molecule has 1 heterocycles. The van der Waals surface area contributed by atoms with Gasteiger partial charge >= 0.3 is 0 Å². The Hall–Kier alpha value is -3.28. The van der Waals surface area contributed by atoms with E-state index in [9.17, 15) is 9.18 Å². The minimum Gasteiger partial charge on any atom is -0.349 e. The fourth-order valence-corrected chi connectivity index (χ4v) is 3.38. The van der Waals surface area contributed by atoms with Crippen molar-refractivity contribution in [2.75, 3.05) is 5.32 Å². The van der Waals surface area contributed by atoms with E-state index < -0.39 is 0 Å². The Morgan fingerprint density at radius 3 is 2.36 bits per heavy atom. The molecule has 1 aromatic heterocycles. The number of rotatable bonds is 5. The van der Waals surface area contributed by atoms with Crippen molar-refractivity contribution in [3.05, 3.63) is 72.3 Å². The molecule has 0 radical (unpaired) electrons. The van der Waals surface area contributed by atoms with Gasteiger partial charge in [0.25, 0.3) is 5.91 Å². The molecule has 1 aliphatic rings. The highest BCUT2D eigenvalue weighted by Gasteiger charge is 2.17. The third-order valence-electron chi connectivity index (χ3n) is 4.90. The lowest BCUT2D eigenvalue weighted by molar-refractivity contribution is 0.0938. The van der Waals surface area contributed by atoms with Gasteiger partial charge in [-0.25, -0.2) is 14.4 Å². The second-order valence-corrected chi connectivity index (χ2v) is 6.96. The Balaban J connectivity index is 1.39. The van der Waals surface area contributed by atoms with E-state index in [1.807, 2.05) is 18.2 Å². The highest BCUT2D eigenvalue weighted by molar-refractivity contribution is 5.94. The number of aromatic nitrogens is 2. The van der Waals surface area contributed by atoms with Crippen LogP contribution in [0.1, 0.15) is 36.0 Å². The van der Waals surface area contributed by atoms with Gasteiger partial charge in [0.05, 0.1) is 0 Å². The molecule has 0 spiro atoms. The van der Waals surface area contributed by atoms with Gasteiger partial charge in [-0.15, -0.1) is 0 Å². The highest BCUT2D eigenvalue weighted by Crippen LogP contribution is 2.21. The first-order valence-electron chi connectivity index (χ1n) is 9.43. The molecule has 0 atom stereocenters. The van der Waals surface area contributed by atoms with Crippen LogP contribution in [-0.2, 0) is 0 Å². The average Bonchev–Trinajstić information content (AvgIpc) is 3.22. The van der Waals surface area contributed by atoms with Gasteiger partial charge in [-0.1, -0.05) is 25.0 Å². The van der Waals surface area contributed by atoms with Crippen molar-refractivity contribution in [3.63, 3.8) is 0 Å². The normalized spacial score (nSPS) is 14.0. The van der Waals surface area contributed by atoms with E-state index in [2.05, 4.69) is 20.6 Å². The highest BCUT2D eigenvalue weighted by atomic mass is 19.1. The predicted octanol–water partition coefficient (Wildman–Crippen LogP) is 4.70. The van der Waals surface area contributed by atoms with Gasteiger partial charge in [0.15, 0.2) is 0 Å². The first kappa shape index (κ1) is 18.1. The lowest BCUT2D eigenvalue weighted by Gasteiger charge is -2.12. The summed E-state index contributed by atoms with van der Waals surface area (Å²) in [5.41, 5.74) is 2.89. The van der Waals surface area contributed by atoms with E-state index in [0.717, 1.165) is 29.7 Å². The lowest BCUT2D eigenvalue weighted by Crippen LogP contribution is -2.32. The van der Waals surface area contributed by atoms with Gasteiger partial charge in [0.2, 0.25) is 5.95 Å². The van der Waals surface area contributed by atoms with Crippen LogP contribution in [-0.4, -0.2) is 21.9 Å². The van der Waals surface area contributed by atoms with Gasteiger partial charge in [-0.2, -0.15) is 0 Å². The molecule has 2 N–H and O–H groups in total. The maximum absolute atomic E-state index is 13.3. The Labute approximate surface area is 163 Å². The lowest BCUT2D eigenvalue weighted by atomic mass is 10.1. The Morgan fingerprint density at radius 2 is 1.68 bits per heavy atom. The zero-order valence-corrected chi connectivity index (χ0v) is 15.4. The van der Waals surface area contributed by atoms with Crippen LogP contribution in [0.4, 0.5) is 16.0 Å². The topological polar surface area (TPSA) is 66.9 Å². The van der Waals surface area contributed by atoms with Crippen molar-refractivity contribution in [2.45, 2.75) is 31.7 Å². The minimum absolute atomic E-state index is 0.0332. The molecule has 0 unspecified atom stereocenters. The van der Waals surface area contributed by atoms with Crippen molar-refractivity contribution in [1.29, 1.82) is 0 Å². The van der Waals surface area contributed by atoms with Gasteiger partial charge in [0.1, 0.15) is 5.82 Å². The number of anilines is 2. The fraction of sp³-hybridized carbons (Fsp3) is 0.227. The fourth-order valence-electron chi connectivity index (χ4n) is 3.38. The zero-order valence-electron chi connectivity index (χ0n) is 15.4. The monoisotopic (exact) mass is 376 g/mol. The van der Waals surface area contributed by atoms with Crippen LogP contribution >= 0.6 is 0 Å². The summed E-state index contributed by atoms with van der Waals surface area (Å²) in [4.78, 5) is 20.8. The van der Waals surface area contributed by atoms with Gasteiger partial charge < -0.3 is 10.6 Å². The summed E-state index contributed by atoms with van der Waals surface area (Å²) in [7, 11) is 0. The van der Waals surface area contributed by atoms with Gasteiger partial charge in [-0.3, -0.25) is 4.79 Å². The van der Waals surface area contributed by atoms with Crippen molar-refractivity contribution >= 4 is 17.5 Å². The first-order chi connectivity index (χ1) is 13.7. The van der Waals surface area contributed by atoms with Crippen LogP contribution in [0.3, 0.4) is 0 Å². The van der Waals surface area contributed by atoms with Crippen LogP contribution < -0.4 is 10.6 Å². The molecule has 1 amide bonds. The third-order valence-corrected chi connectivity index (χ3v) is 4.90. The van der Waals surface area contributed by atoms with E-state index in [1.165, 1.54) is 25.0 Å². The third kappa shape index (κ3) is 4.34. The molecule has 1 aliphatic carbocycles. The number of hydrogen-bond donors (Lipinski definition) is 2. The predicted molar refractivity (Wildman–Crippen MR) is 107 cm³/mol. The van der Waals surface area contributed by atoms with Crippen LogP contribution in [0.25, 0.3) is 11.1 Å². The summed E-state index contributed by atoms with van der Waals surface area (Å²) in [6, 6.07) is 13.8. The summed E-state index contributed by atoms with van der Waals surface area (Å²) >= 11 is 0. The zero-order chi connectivity index (χ0) is 19.3. The summed E-state index contributed by atoms with van der Waals surface area (Å²) in [6.07, 6.45) is 7.79. The molecule has 5 nitrogen and oxygen atoms in total. The molecule has 0 saturated heterocycles. The summed E-state index contributed by atoms with van der Waals surface area (Å²) in [5, 5.41) is 6.18. The smallest absolute Gasteiger partial charge is 0.251 e. The number of halogens is 1. The van der Waals surface area contributed by atoms with Crippen molar-refractivity contribution < 1.29 is 9.18 Å². The molecule has 1 fully saturated rings. The van der Waals surface area contributed by atoms with E-state index in [4.69, 9.17) is 0 Å². The summed E-state index contributed by atoms with van der Waals surface area (Å²) < 4.78 is 13.3. The van der Waals surface area contributed by atoms with Crippen LogP contribution in [0.15, 0.2) is 60.9 Å². The molecule has 6 heteroatoms. The second-order valence-electron chi connectivity index (χ2n) is 6.96. The summed E-state index contributed by atoms with van der Waals surface area (Å²) in [5.74, 6) is 0.106. The molecule has 28 heavy (non-hydrogen) atoms. The minimum atomic E-state index is -0.295. The molecule has 0 aliphatic heterocycles. The van der Waals surface area contributed by atoms with E-state index in [1.54, 1.807) is 30.6 Å². The van der Waals surface area contributed by atoms with Gasteiger partial charge in [0, 0.05) is 35.2 Å². The largest absolute Gasteiger partial charge is 0.349 e. The maximum Gasteiger partial charge on any atom is 0.251 e. The Morgan fingerprint density at radius 1 is 0.964 bits per heavy atom. The molecular formula is C22H21FN4O. The van der Waals surface area contributed by atoms with E-state index in [-0.39, 0.29) is 11.7 Å². The number of amides is 1. The van der Waals surface area contributed by atoms with Crippen molar-refractivity contribution in [1.82, 2.24) is 15.3 Å². The molecule has 0 bridgehead atoms. The van der Waals surface area contributed by atoms with Crippen LogP contribution in [0.5, 0.6) is 0 Å². The number of hydrogen-bond acceptors (Lipinski definition) is 4. The second kappa shape index (κ2) is 8.17. The number of nitrogens with one attached hydrogen (secondary N) is 2. The van der Waals surface area contributed by atoms with Crippen LogP contribution in [0.2, 0.25) is 0 Å². The molecule has 142 valence electrons. The SMILES string of the molecule is O=C(NC1CCCC1)c1ccc(Nc2ncc(-c3cccc(F)c3)cn2)cc1. The first-order valence-corrected chi connectivity index (χ1v) is 9.43. The number of carbonyl (C=O) groups is 1. The Bertz CT molecular complexity index is 951. The van der Waals surface area contributed by atoms with Crippen molar-refractivity contribution in [2.24, 2.45) is 0 Å². The number of carbonyl (C=O) groups excluding carboxylic acids is 1. The van der Waals surface area contributed by atoms with Crippen molar-refractivity contribution in [3.8, 4) is 11.1 Å².